The van der Waals surface area contributed by atoms with Crippen molar-refractivity contribution in [3.8, 4) is 5.75 Å². The maximum atomic E-state index is 12.9. The highest BCUT2D eigenvalue weighted by atomic mass is 19.4. The predicted molar refractivity (Wildman–Crippen MR) is 60.4 cm³/mol. The predicted octanol–water partition coefficient (Wildman–Crippen LogP) is 1.59. The zero-order valence-electron chi connectivity index (χ0n) is 9.86. The first-order valence-electron chi connectivity index (χ1n) is 5.33. The molecule has 19 heavy (non-hydrogen) atoms. The molecule has 1 aromatic heterocycles. The van der Waals surface area contributed by atoms with Gasteiger partial charge in [-0.1, -0.05) is 10.7 Å². The Kier molecular flexibility index (Phi) is 3.45. The molecule has 0 aliphatic rings. The minimum absolute atomic E-state index is 0.168. The molecular weight excluding hydrogens is 265 g/mol. The van der Waals surface area contributed by atoms with Gasteiger partial charge in [0.1, 0.15) is 18.1 Å². The highest BCUT2D eigenvalue weighted by molar-refractivity contribution is 6.74. The van der Waals surface area contributed by atoms with Gasteiger partial charge in [-0.2, -0.15) is 0 Å². The molecule has 0 saturated carbocycles. The van der Waals surface area contributed by atoms with Crippen LogP contribution in [0.5, 0.6) is 5.75 Å². The lowest BCUT2D eigenvalue weighted by Crippen LogP contribution is -2.35. The molecule has 0 N–H and O–H groups in total. The maximum absolute atomic E-state index is 12.9. The number of rotatable bonds is 4. The van der Waals surface area contributed by atoms with Crippen LogP contribution >= 0.6 is 0 Å². The minimum atomic E-state index is -5.34. The van der Waals surface area contributed by atoms with Gasteiger partial charge in [0.25, 0.3) is 0 Å². The number of aryl methyl sites for hydroxylation is 1. The van der Waals surface area contributed by atoms with Crippen LogP contribution in [0.25, 0.3) is 0 Å². The van der Waals surface area contributed by atoms with Crippen molar-refractivity contribution < 1.29 is 22.1 Å². The first-order valence-corrected chi connectivity index (χ1v) is 5.33. The van der Waals surface area contributed by atoms with Crippen molar-refractivity contribution in [3.63, 3.8) is 0 Å². The van der Waals surface area contributed by atoms with E-state index in [1.165, 1.54) is 10.9 Å². The highest BCUT2D eigenvalue weighted by Gasteiger charge is 2.29. The molecule has 0 aliphatic heterocycles. The molecule has 0 unspecified atom stereocenters. The molecule has 2 rings (SSSR count). The monoisotopic (exact) mass is 274 g/mol. The number of nitrogens with zero attached hydrogens (tertiary/aromatic N) is 3. The van der Waals surface area contributed by atoms with E-state index in [0.717, 1.165) is 12.1 Å². The van der Waals surface area contributed by atoms with E-state index in [-0.39, 0.29) is 6.61 Å². The Balaban J connectivity index is 2.20. The third-order valence-corrected chi connectivity index (χ3v) is 2.35. The van der Waals surface area contributed by atoms with Crippen LogP contribution in [0.2, 0.25) is 0 Å². The Labute approximate surface area is 106 Å². The van der Waals surface area contributed by atoms with E-state index in [1.54, 1.807) is 7.05 Å². The lowest BCUT2D eigenvalue weighted by atomic mass is 9.79. The maximum Gasteiger partial charge on any atom is 0.513 e. The van der Waals surface area contributed by atoms with Crippen LogP contribution in [0.1, 0.15) is 5.69 Å². The number of hydrogen-bond acceptors (Lipinski definition) is 3. The summed E-state index contributed by atoms with van der Waals surface area (Å²) < 4.78 is 57.5. The number of aromatic nitrogens is 3. The van der Waals surface area contributed by atoms with E-state index < -0.39 is 24.0 Å². The lowest BCUT2D eigenvalue weighted by molar-refractivity contribution is 0.301. The van der Waals surface area contributed by atoms with Crippen LogP contribution in [0.3, 0.4) is 0 Å². The van der Waals surface area contributed by atoms with E-state index in [2.05, 4.69) is 10.3 Å². The van der Waals surface area contributed by atoms with Gasteiger partial charge in [0.2, 0.25) is 0 Å². The molecule has 102 valence electrons. The third kappa shape index (κ3) is 3.24. The van der Waals surface area contributed by atoms with Gasteiger partial charge in [-0.05, 0) is 18.2 Å². The number of halogens is 4. The molecular formula is C10H9BF4N3O-. The zero-order valence-corrected chi connectivity index (χ0v) is 9.86. The molecule has 0 bridgehead atoms. The molecule has 4 nitrogen and oxygen atoms in total. The molecule has 0 aliphatic carbocycles. The Hall–Kier alpha value is -2.06. The fraction of sp³-hybridized carbons (Fsp3) is 0.200. The number of ether oxygens (including phenoxy) is 1. The molecule has 0 amide bonds. The molecule has 1 aromatic carbocycles. The van der Waals surface area contributed by atoms with Gasteiger partial charge in [-0.3, -0.25) is 4.68 Å². The molecule has 0 atom stereocenters. The van der Waals surface area contributed by atoms with Crippen LogP contribution in [0.4, 0.5) is 17.3 Å². The molecule has 0 saturated heterocycles. The Bertz CT molecular complexity index is 584. The van der Waals surface area contributed by atoms with Crippen molar-refractivity contribution in [2.45, 2.75) is 6.61 Å². The molecule has 1 heterocycles. The standard InChI is InChI=1S/C10H9BF4N3O/c1-18-5-8(16-17-18)6-19-10-3-2-7(12)4-9(10)11(13,14)15/h2-5H,6H2,1H3/q-1. The van der Waals surface area contributed by atoms with E-state index in [9.17, 15) is 17.3 Å². The van der Waals surface area contributed by atoms with Crippen LogP contribution in [-0.4, -0.2) is 22.0 Å². The number of benzene rings is 1. The van der Waals surface area contributed by atoms with Gasteiger partial charge in [0, 0.05) is 7.05 Å². The van der Waals surface area contributed by atoms with Crippen LogP contribution in [-0.2, 0) is 13.7 Å². The lowest BCUT2D eigenvalue weighted by Gasteiger charge is -2.19. The summed E-state index contributed by atoms with van der Waals surface area (Å²) in [4.78, 5) is 0. The first kappa shape index (κ1) is 13.4. The zero-order chi connectivity index (χ0) is 14.0. The largest absolute Gasteiger partial charge is 0.513 e. The SMILES string of the molecule is Cn1cc(COc2ccc(F)cc2[B-](F)(F)F)nn1. The summed E-state index contributed by atoms with van der Waals surface area (Å²) in [5, 5.41) is 7.30. The van der Waals surface area contributed by atoms with Crippen molar-refractivity contribution in [2.75, 3.05) is 0 Å². The van der Waals surface area contributed by atoms with Gasteiger partial charge in [-0.25, -0.2) is 4.39 Å². The van der Waals surface area contributed by atoms with Crippen molar-refractivity contribution in [3.05, 3.63) is 35.9 Å². The summed E-state index contributed by atoms with van der Waals surface area (Å²) in [6.45, 7) is -5.51. The second kappa shape index (κ2) is 4.91. The summed E-state index contributed by atoms with van der Waals surface area (Å²) >= 11 is 0. The van der Waals surface area contributed by atoms with Crippen LogP contribution < -0.4 is 10.2 Å². The fourth-order valence-electron chi connectivity index (χ4n) is 1.52. The Morgan fingerprint density at radius 1 is 1.32 bits per heavy atom. The second-order valence-corrected chi connectivity index (χ2v) is 3.93. The Morgan fingerprint density at radius 2 is 2.05 bits per heavy atom. The summed E-state index contributed by atoms with van der Waals surface area (Å²) in [5.41, 5.74) is -0.712. The summed E-state index contributed by atoms with van der Waals surface area (Å²) in [5.74, 6) is -1.37. The van der Waals surface area contributed by atoms with Crippen molar-refractivity contribution in [1.29, 1.82) is 0 Å². The van der Waals surface area contributed by atoms with Crippen molar-refractivity contribution in [2.24, 2.45) is 7.05 Å². The smallest absolute Gasteiger partial charge is 0.490 e. The summed E-state index contributed by atoms with van der Waals surface area (Å²) in [6, 6.07) is 2.29. The summed E-state index contributed by atoms with van der Waals surface area (Å²) in [7, 11) is 1.62. The van der Waals surface area contributed by atoms with Gasteiger partial charge >= 0.3 is 6.98 Å². The van der Waals surface area contributed by atoms with E-state index in [1.807, 2.05) is 0 Å². The number of hydrogen-bond donors (Lipinski definition) is 0. The van der Waals surface area contributed by atoms with E-state index in [4.69, 9.17) is 4.74 Å². The van der Waals surface area contributed by atoms with Gasteiger partial charge in [-0.15, -0.1) is 5.10 Å². The van der Waals surface area contributed by atoms with Crippen molar-refractivity contribution >= 4 is 12.4 Å². The molecule has 0 fully saturated rings. The fourth-order valence-corrected chi connectivity index (χ4v) is 1.52. The normalized spacial score (nSPS) is 11.6. The molecule has 9 heteroatoms. The topological polar surface area (TPSA) is 39.9 Å². The molecule has 2 aromatic rings. The molecule has 0 spiro atoms. The second-order valence-electron chi connectivity index (χ2n) is 3.93. The average Bonchev–Trinajstić information content (AvgIpc) is 2.72. The average molecular weight is 274 g/mol. The van der Waals surface area contributed by atoms with Crippen molar-refractivity contribution in [1.82, 2.24) is 15.0 Å². The van der Waals surface area contributed by atoms with Crippen LogP contribution in [0, 0.1) is 5.82 Å². The van der Waals surface area contributed by atoms with Gasteiger partial charge in [0.15, 0.2) is 0 Å². The quantitative estimate of drug-likeness (QED) is 0.627. The van der Waals surface area contributed by atoms with E-state index >= 15 is 0 Å². The van der Waals surface area contributed by atoms with E-state index in [0.29, 0.717) is 11.8 Å². The highest BCUT2D eigenvalue weighted by Crippen LogP contribution is 2.19. The first-order chi connectivity index (χ1) is 8.86. The summed E-state index contributed by atoms with van der Waals surface area (Å²) in [6.07, 6.45) is 1.52. The Morgan fingerprint density at radius 3 is 2.63 bits per heavy atom. The van der Waals surface area contributed by atoms with Gasteiger partial charge < -0.3 is 17.7 Å². The van der Waals surface area contributed by atoms with Gasteiger partial charge in [0.05, 0.1) is 11.9 Å². The molecule has 0 radical (unpaired) electrons. The third-order valence-electron chi connectivity index (χ3n) is 2.35. The minimum Gasteiger partial charge on any atom is -0.490 e. The van der Waals surface area contributed by atoms with Crippen LogP contribution in [0.15, 0.2) is 24.4 Å².